The Kier molecular flexibility index (Phi) is 7.05. The summed E-state index contributed by atoms with van der Waals surface area (Å²) in [5.41, 5.74) is 8.61. The monoisotopic (exact) mass is 433 g/mol. The Morgan fingerprint density at radius 3 is 2.91 bits per heavy atom. The fourth-order valence-corrected chi connectivity index (χ4v) is 4.83. The van der Waals surface area contributed by atoms with E-state index >= 15 is 0 Å². The largest absolute Gasteiger partial charge is 0.396 e. The first-order valence-corrected chi connectivity index (χ1v) is 11.3. The Hall–Kier alpha value is -2.93. The summed E-state index contributed by atoms with van der Waals surface area (Å²) in [6.45, 7) is 3.86. The van der Waals surface area contributed by atoms with Crippen LogP contribution in [0.25, 0.3) is 16.5 Å². The van der Waals surface area contributed by atoms with Crippen molar-refractivity contribution in [3.05, 3.63) is 77.0 Å². The third-order valence-corrected chi connectivity index (χ3v) is 6.49. The number of hydroxylamine groups is 1. The number of amides is 1. The van der Waals surface area contributed by atoms with Crippen molar-refractivity contribution in [3.63, 3.8) is 0 Å². The molecule has 1 aliphatic rings. The predicted molar refractivity (Wildman–Crippen MR) is 126 cm³/mol. The molecule has 0 radical (unpaired) electrons. The molecule has 4 N–H and O–H groups in total. The maximum absolute atomic E-state index is 11.5. The van der Waals surface area contributed by atoms with Gasteiger partial charge in [-0.1, -0.05) is 36.4 Å². The van der Waals surface area contributed by atoms with E-state index in [0.717, 1.165) is 49.9 Å². The Balaban J connectivity index is 1.52. The molecule has 1 aliphatic carbocycles. The first-order chi connectivity index (χ1) is 15.6. The van der Waals surface area contributed by atoms with Gasteiger partial charge in [-0.25, -0.2) is 5.48 Å². The molecule has 1 amide bonds. The number of H-pyrrole nitrogens is 1. The van der Waals surface area contributed by atoms with Crippen LogP contribution in [0.15, 0.2) is 54.7 Å². The topological polar surface area (TPSA) is 88.6 Å². The zero-order chi connectivity index (χ0) is 22.5. The van der Waals surface area contributed by atoms with Gasteiger partial charge in [0.2, 0.25) is 0 Å². The van der Waals surface area contributed by atoms with Gasteiger partial charge in [-0.2, -0.15) is 0 Å². The molecule has 1 unspecified atom stereocenters. The van der Waals surface area contributed by atoms with Gasteiger partial charge in [0, 0.05) is 48.9 Å². The summed E-state index contributed by atoms with van der Waals surface area (Å²) in [7, 11) is 0. The van der Waals surface area contributed by atoms with Crippen molar-refractivity contribution >= 4 is 22.4 Å². The maximum Gasteiger partial charge on any atom is 0.267 e. The summed E-state index contributed by atoms with van der Waals surface area (Å²) in [6.07, 6.45) is 7.28. The lowest BCUT2D eigenvalue weighted by atomic mass is 9.99. The third-order valence-electron chi connectivity index (χ3n) is 6.49. The fraction of sp³-hybridized carbons (Fsp3) is 0.346. The van der Waals surface area contributed by atoms with E-state index in [0.29, 0.717) is 6.04 Å². The number of nitrogens with one attached hydrogen (secondary N) is 2. The molecule has 0 spiro atoms. The second-order valence-corrected chi connectivity index (χ2v) is 8.49. The second-order valence-electron chi connectivity index (χ2n) is 8.49. The molecular formula is C26H31N3O3. The number of benzene rings is 2. The van der Waals surface area contributed by atoms with Crippen molar-refractivity contribution in [2.24, 2.45) is 0 Å². The number of rotatable bonds is 9. The molecule has 3 aromatic rings. The molecule has 32 heavy (non-hydrogen) atoms. The average molecular weight is 434 g/mol. The van der Waals surface area contributed by atoms with E-state index in [2.05, 4.69) is 52.5 Å². The number of aliphatic hydroxyl groups excluding tert-OH is 1. The zero-order valence-corrected chi connectivity index (χ0v) is 18.5. The van der Waals surface area contributed by atoms with Crippen molar-refractivity contribution in [3.8, 4) is 0 Å². The minimum Gasteiger partial charge on any atom is -0.396 e. The van der Waals surface area contributed by atoms with Gasteiger partial charge in [0.1, 0.15) is 0 Å². The van der Waals surface area contributed by atoms with Crippen molar-refractivity contribution in [2.45, 2.75) is 38.6 Å². The van der Waals surface area contributed by atoms with Crippen molar-refractivity contribution in [1.82, 2.24) is 15.4 Å². The summed E-state index contributed by atoms with van der Waals surface area (Å²) in [5.74, 6) is -0.520. The number of allylic oxidation sites excluding steroid dienone is 1. The van der Waals surface area contributed by atoms with Gasteiger partial charge < -0.3 is 10.1 Å². The predicted octanol–water partition coefficient (Wildman–Crippen LogP) is 3.99. The number of hydrogen-bond acceptors (Lipinski definition) is 4. The van der Waals surface area contributed by atoms with Crippen LogP contribution in [-0.4, -0.2) is 45.8 Å². The highest BCUT2D eigenvalue weighted by atomic mass is 16.5. The van der Waals surface area contributed by atoms with Gasteiger partial charge in [-0.3, -0.25) is 14.9 Å². The number of carbonyl (C=O) groups excluding carboxylic acids is 1. The van der Waals surface area contributed by atoms with Crippen LogP contribution in [0, 0.1) is 0 Å². The van der Waals surface area contributed by atoms with Crippen LogP contribution in [0.5, 0.6) is 0 Å². The molecular weight excluding hydrogens is 402 g/mol. The van der Waals surface area contributed by atoms with Gasteiger partial charge in [0.25, 0.3) is 5.91 Å². The lowest BCUT2D eigenvalue weighted by molar-refractivity contribution is -0.124. The van der Waals surface area contributed by atoms with Crippen molar-refractivity contribution < 1.29 is 15.1 Å². The molecule has 0 fully saturated rings. The molecule has 1 heterocycles. The highest BCUT2D eigenvalue weighted by Crippen LogP contribution is 2.37. The zero-order valence-electron chi connectivity index (χ0n) is 18.5. The van der Waals surface area contributed by atoms with E-state index in [1.165, 1.54) is 33.7 Å². The first kappa shape index (κ1) is 22.3. The van der Waals surface area contributed by atoms with E-state index < -0.39 is 5.91 Å². The molecule has 0 saturated heterocycles. The van der Waals surface area contributed by atoms with Gasteiger partial charge >= 0.3 is 0 Å². The standard InChI is InChI=1S/C26H31N3O3/c1-18(15-26(31)28-32)19-7-9-23-20(16-19)8-10-25(23)29(12-4-14-30)13-11-21-17-27-24-6-3-2-5-22(21)24/h2-3,5-7,9,15-17,25,27,30,32H,4,8,10-14H2,1H3,(H,28,31). The summed E-state index contributed by atoms with van der Waals surface area (Å²) in [6, 6.07) is 15.1. The van der Waals surface area contributed by atoms with Crippen LogP contribution >= 0.6 is 0 Å². The van der Waals surface area contributed by atoms with E-state index in [9.17, 15) is 9.90 Å². The van der Waals surface area contributed by atoms with Crippen LogP contribution in [0.2, 0.25) is 0 Å². The molecule has 0 saturated carbocycles. The number of nitrogens with zero attached hydrogens (tertiary/aromatic N) is 1. The molecule has 168 valence electrons. The van der Waals surface area contributed by atoms with Crippen LogP contribution < -0.4 is 5.48 Å². The van der Waals surface area contributed by atoms with Crippen molar-refractivity contribution in [1.29, 1.82) is 0 Å². The Labute approximate surface area is 188 Å². The molecule has 4 rings (SSSR count). The number of fused-ring (bicyclic) bond motifs is 2. The smallest absolute Gasteiger partial charge is 0.267 e. The average Bonchev–Trinajstić information content (AvgIpc) is 3.43. The summed E-state index contributed by atoms with van der Waals surface area (Å²) < 4.78 is 0. The highest BCUT2D eigenvalue weighted by molar-refractivity contribution is 5.94. The Morgan fingerprint density at radius 2 is 2.09 bits per heavy atom. The number of carbonyl (C=O) groups is 1. The molecule has 2 aromatic carbocycles. The van der Waals surface area contributed by atoms with Crippen LogP contribution in [0.1, 0.15) is 48.1 Å². The molecule has 6 nitrogen and oxygen atoms in total. The lowest BCUT2D eigenvalue weighted by Crippen LogP contribution is -2.31. The molecule has 1 atom stereocenters. The molecule has 0 aliphatic heterocycles. The minimum atomic E-state index is -0.520. The summed E-state index contributed by atoms with van der Waals surface area (Å²) >= 11 is 0. The highest BCUT2D eigenvalue weighted by Gasteiger charge is 2.28. The van der Waals surface area contributed by atoms with Gasteiger partial charge in [0.05, 0.1) is 0 Å². The van der Waals surface area contributed by atoms with Crippen LogP contribution in [0.3, 0.4) is 0 Å². The number of aromatic nitrogens is 1. The quantitative estimate of drug-likeness (QED) is 0.233. The Morgan fingerprint density at radius 1 is 1.25 bits per heavy atom. The number of aliphatic hydroxyl groups is 1. The normalized spacial score (nSPS) is 16.0. The van der Waals surface area contributed by atoms with Gasteiger partial charge in [-0.15, -0.1) is 0 Å². The molecule has 6 heteroatoms. The van der Waals surface area contributed by atoms with E-state index in [4.69, 9.17) is 5.21 Å². The number of para-hydroxylation sites is 1. The number of aromatic amines is 1. The van der Waals surface area contributed by atoms with Gasteiger partial charge in [-0.05, 0) is 66.5 Å². The van der Waals surface area contributed by atoms with Crippen molar-refractivity contribution in [2.75, 3.05) is 19.7 Å². The SMILES string of the molecule is CC(=CC(=O)NO)c1ccc2c(c1)CCC2N(CCCO)CCc1c[nH]c2ccccc12. The van der Waals surface area contributed by atoms with Gasteiger partial charge in [0.15, 0.2) is 0 Å². The second kappa shape index (κ2) is 10.1. The number of aryl methyl sites for hydroxylation is 1. The summed E-state index contributed by atoms with van der Waals surface area (Å²) in [5, 5.41) is 19.5. The van der Waals surface area contributed by atoms with E-state index in [1.54, 1.807) is 5.48 Å². The molecule has 1 aromatic heterocycles. The van der Waals surface area contributed by atoms with E-state index in [-0.39, 0.29) is 6.61 Å². The lowest BCUT2D eigenvalue weighted by Gasteiger charge is -2.29. The van der Waals surface area contributed by atoms with Crippen LogP contribution in [-0.2, 0) is 17.6 Å². The fourth-order valence-electron chi connectivity index (χ4n) is 4.83. The van der Waals surface area contributed by atoms with E-state index in [1.807, 2.05) is 13.0 Å². The first-order valence-electron chi connectivity index (χ1n) is 11.3. The minimum absolute atomic E-state index is 0.193. The third kappa shape index (κ3) is 4.78. The number of hydrogen-bond donors (Lipinski definition) is 4. The summed E-state index contributed by atoms with van der Waals surface area (Å²) in [4.78, 5) is 17.3. The Bertz CT molecular complexity index is 1120. The van der Waals surface area contributed by atoms with Crippen LogP contribution in [0.4, 0.5) is 0 Å². The molecule has 0 bridgehead atoms. The maximum atomic E-state index is 11.5.